The van der Waals surface area contributed by atoms with Crippen LogP contribution in [0.15, 0.2) is 18.2 Å². The van der Waals surface area contributed by atoms with Gasteiger partial charge in [0.15, 0.2) is 0 Å². The van der Waals surface area contributed by atoms with Crippen LogP contribution in [0.25, 0.3) is 0 Å². The van der Waals surface area contributed by atoms with Crippen LogP contribution in [0.5, 0.6) is 0 Å². The fourth-order valence-corrected chi connectivity index (χ4v) is 3.90. The maximum Gasteiger partial charge on any atom is 0.414 e. The second-order valence-electron chi connectivity index (χ2n) is 8.65. The minimum Gasteiger partial charge on any atom is -0.446 e. The maximum atomic E-state index is 13.0. The molecule has 1 saturated carbocycles. The second-order valence-corrected chi connectivity index (χ2v) is 8.65. The van der Waals surface area contributed by atoms with Gasteiger partial charge >= 0.3 is 6.09 Å². The van der Waals surface area contributed by atoms with E-state index in [1.54, 1.807) is 18.7 Å². The summed E-state index contributed by atoms with van der Waals surface area (Å²) in [4.78, 5) is 40.3. The number of ether oxygens (including phenoxy) is 1. The van der Waals surface area contributed by atoms with Crippen LogP contribution in [-0.4, -0.2) is 56.2 Å². The molecule has 3 rings (SSSR count). The Balaban J connectivity index is 1.95. The number of carbonyl (C=O) groups is 3. The lowest BCUT2D eigenvalue weighted by Gasteiger charge is -2.41. The number of rotatable bonds is 8. The van der Waals surface area contributed by atoms with Gasteiger partial charge in [0.2, 0.25) is 11.8 Å². The van der Waals surface area contributed by atoms with Crippen molar-refractivity contribution < 1.29 is 19.1 Å². The van der Waals surface area contributed by atoms with Crippen LogP contribution >= 0.6 is 0 Å². The molecule has 9 heteroatoms. The summed E-state index contributed by atoms with van der Waals surface area (Å²) in [7, 11) is 0. The molecule has 3 amide bonds. The highest BCUT2D eigenvalue weighted by atomic mass is 16.6. The van der Waals surface area contributed by atoms with Gasteiger partial charge < -0.3 is 26.4 Å². The van der Waals surface area contributed by atoms with Gasteiger partial charge in [-0.1, -0.05) is 6.07 Å². The fraction of sp³-hybridized carbons (Fsp3) is 0.591. The highest BCUT2D eigenvalue weighted by molar-refractivity contribution is 6.04. The number of primary amides is 1. The Morgan fingerprint density at radius 3 is 2.52 bits per heavy atom. The van der Waals surface area contributed by atoms with Gasteiger partial charge in [-0.05, 0) is 51.3 Å². The van der Waals surface area contributed by atoms with Crippen molar-refractivity contribution in [3.63, 3.8) is 0 Å². The lowest BCUT2D eigenvalue weighted by molar-refractivity contribution is -0.120. The normalized spacial score (nSPS) is 19.2. The molecule has 1 aliphatic heterocycles. The first-order valence-electron chi connectivity index (χ1n) is 10.9. The summed E-state index contributed by atoms with van der Waals surface area (Å²) >= 11 is 0. The molecule has 1 aromatic rings. The molecule has 1 heterocycles. The number of benzene rings is 1. The summed E-state index contributed by atoms with van der Waals surface area (Å²) in [5.74, 6) is -0.345. The number of carbonyl (C=O) groups excluding carboxylic acids is 3. The first kappa shape index (κ1) is 23.0. The topological polar surface area (TPSA) is 131 Å². The van der Waals surface area contributed by atoms with Crippen molar-refractivity contribution in [3.8, 4) is 0 Å². The zero-order valence-corrected chi connectivity index (χ0v) is 18.5. The monoisotopic (exact) mass is 431 g/mol. The van der Waals surface area contributed by atoms with Crippen molar-refractivity contribution in [2.24, 2.45) is 17.4 Å². The number of nitrogens with one attached hydrogen (secondary N) is 1. The molecule has 9 nitrogen and oxygen atoms in total. The van der Waals surface area contributed by atoms with E-state index < -0.39 is 12.0 Å². The van der Waals surface area contributed by atoms with Gasteiger partial charge in [0.05, 0.1) is 30.1 Å². The van der Waals surface area contributed by atoms with Crippen molar-refractivity contribution in [2.45, 2.75) is 51.7 Å². The molecule has 0 radical (unpaired) electrons. The number of hydrogen-bond acceptors (Lipinski definition) is 6. The van der Waals surface area contributed by atoms with Crippen LogP contribution in [0.1, 0.15) is 45.1 Å². The summed E-state index contributed by atoms with van der Waals surface area (Å²) in [6.45, 7) is 6.80. The SMILES string of the molecule is CC(C)OC(=O)N1C[C@H](C)N(C(=O)C2CC2)c2ccc(C(CN)CNCC(N)=O)cc21. The van der Waals surface area contributed by atoms with Gasteiger partial charge in [-0.25, -0.2) is 4.79 Å². The standard InChI is InChI=1S/C22H33N5O4/c1-13(2)31-22(30)26-12-14(3)27(21(29)15-4-5-15)18-7-6-16(8-19(18)26)17(9-23)10-25-11-20(24)28/h6-8,13-15,17,25H,4-5,9-12,23H2,1-3H3,(H2,24,28)/t14-,17?/m0/s1. The van der Waals surface area contributed by atoms with Crippen molar-refractivity contribution >= 4 is 29.3 Å². The van der Waals surface area contributed by atoms with Crippen molar-refractivity contribution in [1.29, 1.82) is 0 Å². The van der Waals surface area contributed by atoms with Gasteiger partial charge in [0.1, 0.15) is 0 Å². The Hall–Kier alpha value is -2.65. The molecule has 1 aliphatic carbocycles. The zero-order chi connectivity index (χ0) is 22.7. The van der Waals surface area contributed by atoms with E-state index in [-0.39, 0.29) is 36.4 Å². The second kappa shape index (κ2) is 9.65. The molecule has 0 bridgehead atoms. The van der Waals surface area contributed by atoms with E-state index in [4.69, 9.17) is 16.2 Å². The summed E-state index contributed by atoms with van der Waals surface area (Å²) in [6, 6.07) is 5.56. The third-order valence-electron chi connectivity index (χ3n) is 5.60. The molecule has 31 heavy (non-hydrogen) atoms. The Bertz CT molecular complexity index is 839. The van der Waals surface area contributed by atoms with Crippen LogP contribution in [0.4, 0.5) is 16.2 Å². The predicted molar refractivity (Wildman–Crippen MR) is 119 cm³/mol. The highest BCUT2D eigenvalue weighted by Gasteiger charge is 2.41. The number of anilines is 2. The van der Waals surface area contributed by atoms with E-state index in [1.165, 1.54) is 0 Å². The quantitative estimate of drug-likeness (QED) is 0.569. The maximum absolute atomic E-state index is 13.0. The average molecular weight is 432 g/mol. The first-order chi connectivity index (χ1) is 14.7. The molecule has 1 unspecified atom stereocenters. The van der Waals surface area contributed by atoms with E-state index in [0.29, 0.717) is 31.0 Å². The zero-order valence-electron chi connectivity index (χ0n) is 18.5. The third-order valence-corrected chi connectivity index (χ3v) is 5.60. The number of hydrogen-bond donors (Lipinski definition) is 3. The van der Waals surface area contributed by atoms with Crippen molar-refractivity contribution in [2.75, 3.05) is 36.0 Å². The fourth-order valence-electron chi connectivity index (χ4n) is 3.90. The van der Waals surface area contributed by atoms with Gasteiger partial charge in [-0.3, -0.25) is 14.5 Å². The van der Waals surface area contributed by atoms with E-state index in [9.17, 15) is 14.4 Å². The van der Waals surface area contributed by atoms with Crippen LogP contribution in [0, 0.1) is 5.92 Å². The van der Waals surface area contributed by atoms with Gasteiger partial charge in [0.25, 0.3) is 0 Å². The number of amides is 3. The molecule has 0 aromatic heterocycles. The molecule has 0 spiro atoms. The molecule has 170 valence electrons. The summed E-state index contributed by atoms with van der Waals surface area (Å²) in [5.41, 5.74) is 13.4. The largest absolute Gasteiger partial charge is 0.446 e. The van der Waals surface area contributed by atoms with Crippen LogP contribution in [0.3, 0.4) is 0 Å². The van der Waals surface area contributed by atoms with E-state index in [2.05, 4.69) is 5.32 Å². The van der Waals surface area contributed by atoms with E-state index in [1.807, 2.05) is 30.0 Å². The Morgan fingerprint density at radius 2 is 1.94 bits per heavy atom. The molecular formula is C22H33N5O4. The molecule has 1 aromatic carbocycles. The number of fused-ring (bicyclic) bond motifs is 1. The lowest BCUT2D eigenvalue weighted by Crippen LogP contribution is -2.52. The molecule has 5 N–H and O–H groups in total. The van der Waals surface area contributed by atoms with Crippen LogP contribution in [0.2, 0.25) is 0 Å². The van der Waals surface area contributed by atoms with Crippen LogP contribution in [-0.2, 0) is 14.3 Å². The van der Waals surface area contributed by atoms with E-state index >= 15 is 0 Å². The minimum absolute atomic E-state index is 0.0649. The summed E-state index contributed by atoms with van der Waals surface area (Å²) in [5, 5.41) is 3.01. The van der Waals surface area contributed by atoms with Crippen LogP contribution < -0.4 is 26.6 Å². The molecule has 2 atom stereocenters. The molecule has 2 aliphatic rings. The molecular weight excluding hydrogens is 398 g/mol. The van der Waals surface area contributed by atoms with E-state index in [0.717, 1.165) is 18.4 Å². The highest BCUT2D eigenvalue weighted by Crippen LogP contribution is 2.41. The average Bonchev–Trinajstić information content (AvgIpc) is 3.54. The third kappa shape index (κ3) is 5.34. The summed E-state index contributed by atoms with van der Waals surface area (Å²) in [6.07, 6.45) is 1.13. The Labute approximate surface area is 183 Å². The summed E-state index contributed by atoms with van der Waals surface area (Å²) < 4.78 is 5.46. The predicted octanol–water partition coefficient (Wildman–Crippen LogP) is 1.30. The smallest absolute Gasteiger partial charge is 0.414 e. The number of nitrogens with two attached hydrogens (primary N) is 2. The van der Waals surface area contributed by atoms with Gasteiger partial charge in [-0.15, -0.1) is 0 Å². The minimum atomic E-state index is -0.438. The van der Waals surface area contributed by atoms with Gasteiger partial charge in [0, 0.05) is 31.5 Å². The lowest BCUT2D eigenvalue weighted by atomic mass is 9.96. The first-order valence-corrected chi connectivity index (χ1v) is 10.9. The Morgan fingerprint density at radius 1 is 1.23 bits per heavy atom. The molecule has 1 fully saturated rings. The van der Waals surface area contributed by atoms with Crippen molar-refractivity contribution in [3.05, 3.63) is 23.8 Å². The van der Waals surface area contributed by atoms with Crippen molar-refractivity contribution in [1.82, 2.24) is 5.32 Å². The van der Waals surface area contributed by atoms with Gasteiger partial charge in [-0.2, -0.15) is 0 Å². The molecule has 0 saturated heterocycles. The Kier molecular flexibility index (Phi) is 7.17. The number of nitrogens with zero attached hydrogens (tertiary/aromatic N) is 2.